The van der Waals surface area contributed by atoms with E-state index in [0.29, 0.717) is 24.8 Å². The summed E-state index contributed by atoms with van der Waals surface area (Å²) in [6, 6.07) is 3.18. The van der Waals surface area contributed by atoms with Crippen molar-refractivity contribution in [3.8, 4) is 0 Å². The second kappa shape index (κ2) is 5.26. The average molecular weight is 286 g/mol. The zero-order valence-corrected chi connectivity index (χ0v) is 12.5. The smallest absolute Gasteiger partial charge is 0.273 e. The van der Waals surface area contributed by atoms with Crippen LogP contribution < -0.4 is 10.0 Å². The van der Waals surface area contributed by atoms with Gasteiger partial charge in [0, 0.05) is 6.54 Å². The maximum absolute atomic E-state index is 12.1. The second-order valence-electron chi connectivity index (χ2n) is 5.59. The molecule has 1 fully saturated rings. The molecule has 0 aromatic carbocycles. The molecule has 1 aromatic heterocycles. The van der Waals surface area contributed by atoms with E-state index in [2.05, 4.69) is 23.9 Å². The first-order valence-electron chi connectivity index (χ1n) is 6.63. The third kappa shape index (κ3) is 3.19. The summed E-state index contributed by atoms with van der Waals surface area (Å²) in [5, 5.41) is 2.92. The van der Waals surface area contributed by atoms with Gasteiger partial charge in [0.2, 0.25) is 5.09 Å². The summed E-state index contributed by atoms with van der Waals surface area (Å²) in [4.78, 5) is 0. The van der Waals surface area contributed by atoms with Crippen LogP contribution in [0, 0.1) is 11.3 Å². The zero-order chi connectivity index (χ0) is 14.1. The highest BCUT2D eigenvalue weighted by Gasteiger charge is 2.45. The summed E-state index contributed by atoms with van der Waals surface area (Å²) in [6.45, 7) is 5.29. The fourth-order valence-corrected chi connectivity index (χ4v) is 3.28. The molecule has 0 unspecified atom stereocenters. The van der Waals surface area contributed by atoms with Gasteiger partial charge in [-0.2, -0.15) is 0 Å². The van der Waals surface area contributed by atoms with Gasteiger partial charge in [-0.15, -0.1) is 0 Å². The first kappa shape index (κ1) is 14.6. The Morgan fingerprint density at radius 3 is 2.58 bits per heavy atom. The largest absolute Gasteiger partial charge is 0.447 e. The standard InChI is InChI=1S/C13H22N2O3S/c1-10(2)13(6-7-13)9-15-19(16,17)12-5-4-11(18-12)8-14-3/h4-5,10,14-15H,6-9H2,1-3H3. The molecule has 2 N–H and O–H groups in total. The van der Waals surface area contributed by atoms with E-state index in [0.717, 1.165) is 12.8 Å². The maximum atomic E-state index is 12.1. The Morgan fingerprint density at radius 1 is 1.37 bits per heavy atom. The Kier molecular flexibility index (Phi) is 4.03. The highest BCUT2D eigenvalue weighted by molar-refractivity contribution is 7.89. The molecular formula is C13H22N2O3S. The lowest BCUT2D eigenvalue weighted by Crippen LogP contribution is -2.32. The van der Waals surface area contributed by atoms with E-state index >= 15 is 0 Å². The molecule has 0 radical (unpaired) electrons. The molecule has 0 saturated heterocycles. The minimum atomic E-state index is -3.53. The molecule has 1 aromatic rings. The predicted molar refractivity (Wildman–Crippen MR) is 73.2 cm³/mol. The Hall–Kier alpha value is -0.850. The molecule has 1 saturated carbocycles. The molecule has 0 amide bonds. The van der Waals surface area contributed by atoms with Gasteiger partial charge < -0.3 is 9.73 Å². The van der Waals surface area contributed by atoms with Crippen molar-refractivity contribution >= 4 is 10.0 Å². The van der Waals surface area contributed by atoms with Crippen LogP contribution in [0.3, 0.4) is 0 Å². The van der Waals surface area contributed by atoms with Gasteiger partial charge in [0.1, 0.15) is 5.76 Å². The number of furan rings is 1. The lowest BCUT2D eigenvalue weighted by atomic mass is 9.93. The molecule has 1 aliphatic carbocycles. The van der Waals surface area contributed by atoms with Crippen molar-refractivity contribution in [2.75, 3.05) is 13.6 Å². The van der Waals surface area contributed by atoms with Crippen molar-refractivity contribution in [2.45, 2.75) is 38.3 Å². The third-order valence-corrected chi connectivity index (χ3v) is 5.26. The van der Waals surface area contributed by atoms with Crippen molar-refractivity contribution in [3.05, 3.63) is 17.9 Å². The Bertz CT molecular complexity index is 530. The Balaban J connectivity index is 2.01. The topological polar surface area (TPSA) is 71.3 Å². The Labute approximate surface area is 114 Å². The molecule has 1 aliphatic rings. The van der Waals surface area contributed by atoms with Gasteiger partial charge in [-0.3, -0.25) is 0 Å². The fourth-order valence-electron chi connectivity index (χ4n) is 2.20. The minimum Gasteiger partial charge on any atom is -0.447 e. The van der Waals surface area contributed by atoms with Crippen molar-refractivity contribution in [1.29, 1.82) is 0 Å². The van der Waals surface area contributed by atoms with Crippen LogP contribution in [-0.2, 0) is 16.6 Å². The monoisotopic (exact) mass is 286 g/mol. The predicted octanol–water partition coefficient (Wildman–Crippen LogP) is 1.71. The molecule has 2 rings (SSSR count). The minimum absolute atomic E-state index is 0.00249. The van der Waals surface area contributed by atoms with Crippen LogP contribution in [0.4, 0.5) is 0 Å². The number of rotatable bonds is 7. The van der Waals surface area contributed by atoms with Crippen molar-refractivity contribution in [1.82, 2.24) is 10.0 Å². The van der Waals surface area contributed by atoms with Gasteiger partial charge in [0.15, 0.2) is 0 Å². The van der Waals surface area contributed by atoms with Crippen LogP contribution >= 0.6 is 0 Å². The van der Waals surface area contributed by atoms with Gasteiger partial charge >= 0.3 is 0 Å². The van der Waals surface area contributed by atoms with E-state index in [-0.39, 0.29) is 10.5 Å². The molecular weight excluding hydrogens is 264 g/mol. The van der Waals surface area contributed by atoms with Crippen LogP contribution in [-0.4, -0.2) is 22.0 Å². The van der Waals surface area contributed by atoms with E-state index < -0.39 is 10.0 Å². The van der Waals surface area contributed by atoms with Crippen LogP contribution in [0.25, 0.3) is 0 Å². The summed E-state index contributed by atoms with van der Waals surface area (Å²) in [5.41, 5.74) is 0.146. The molecule has 5 nitrogen and oxygen atoms in total. The van der Waals surface area contributed by atoms with E-state index in [9.17, 15) is 8.42 Å². The van der Waals surface area contributed by atoms with E-state index in [1.54, 1.807) is 13.1 Å². The van der Waals surface area contributed by atoms with Crippen LogP contribution in [0.1, 0.15) is 32.4 Å². The molecule has 0 spiro atoms. The number of nitrogens with one attached hydrogen (secondary N) is 2. The second-order valence-corrected chi connectivity index (χ2v) is 7.29. The molecule has 1 heterocycles. The fraction of sp³-hybridized carbons (Fsp3) is 0.692. The van der Waals surface area contributed by atoms with Gasteiger partial charge in [-0.05, 0) is 43.4 Å². The van der Waals surface area contributed by atoms with Crippen molar-refractivity contribution < 1.29 is 12.8 Å². The summed E-state index contributed by atoms with van der Waals surface area (Å²) in [5.74, 6) is 1.11. The zero-order valence-electron chi connectivity index (χ0n) is 11.7. The van der Waals surface area contributed by atoms with Gasteiger partial charge in [-0.1, -0.05) is 13.8 Å². The number of hydrogen-bond donors (Lipinski definition) is 2. The quantitative estimate of drug-likeness (QED) is 0.800. The first-order chi connectivity index (χ1) is 8.89. The van der Waals surface area contributed by atoms with Crippen molar-refractivity contribution in [3.63, 3.8) is 0 Å². The Morgan fingerprint density at radius 2 is 2.05 bits per heavy atom. The van der Waals surface area contributed by atoms with Gasteiger partial charge in [0.05, 0.1) is 6.54 Å². The summed E-state index contributed by atoms with van der Waals surface area (Å²) >= 11 is 0. The highest BCUT2D eigenvalue weighted by Crippen LogP contribution is 2.51. The van der Waals surface area contributed by atoms with Gasteiger partial charge in [0.25, 0.3) is 10.0 Å². The lowest BCUT2D eigenvalue weighted by Gasteiger charge is -2.19. The highest BCUT2D eigenvalue weighted by atomic mass is 32.2. The first-order valence-corrected chi connectivity index (χ1v) is 8.11. The van der Waals surface area contributed by atoms with E-state index in [4.69, 9.17) is 4.42 Å². The SMILES string of the molecule is CNCc1ccc(S(=O)(=O)NCC2(C(C)C)CC2)o1. The van der Waals surface area contributed by atoms with Gasteiger partial charge in [-0.25, -0.2) is 13.1 Å². The van der Waals surface area contributed by atoms with Crippen molar-refractivity contribution in [2.24, 2.45) is 11.3 Å². The van der Waals surface area contributed by atoms with E-state index in [1.807, 2.05) is 0 Å². The lowest BCUT2D eigenvalue weighted by molar-refractivity contribution is 0.353. The number of sulfonamides is 1. The molecule has 19 heavy (non-hydrogen) atoms. The van der Waals surface area contributed by atoms with Crippen LogP contribution in [0.5, 0.6) is 0 Å². The molecule has 108 valence electrons. The third-order valence-electron chi connectivity index (χ3n) is 3.98. The van der Waals surface area contributed by atoms with Crippen LogP contribution in [0.2, 0.25) is 0 Å². The maximum Gasteiger partial charge on any atom is 0.273 e. The molecule has 6 heteroatoms. The summed E-state index contributed by atoms with van der Waals surface area (Å²) < 4.78 is 32.2. The number of hydrogen-bond acceptors (Lipinski definition) is 4. The molecule has 0 atom stereocenters. The summed E-state index contributed by atoms with van der Waals surface area (Å²) in [7, 11) is -1.74. The summed E-state index contributed by atoms with van der Waals surface area (Å²) in [6.07, 6.45) is 2.19. The molecule has 0 aliphatic heterocycles. The normalized spacial score (nSPS) is 17.9. The molecule has 0 bridgehead atoms. The average Bonchev–Trinajstić information content (AvgIpc) is 3.00. The van der Waals surface area contributed by atoms with E-state index in [1.165, 1.54) is 6.07 Å². The van der Waals surface area contributed by atoms with Crippen LogP contribution in [0.15, 0.2) is 21.6 Å².